The predicted octanol–water partition coefficient (Wildman–Crippen LogP) is 1.32. The number of aromatic nitrogens is 2. The molecular weight excluding hydrogens is 194 g/mol. The fraction of sp³-hybridized carbons (Fsp3) is 0.600. The lowest BCUT2D eigenvalue weighted by Crippen LogP contribution is -2.32. The second-order valence-corrected chi connectivity index (χ2v) is 3.76. The van der Waals surface area contributed by atoms with Crippen LogP contribution >= 0.6 is 0 Å². The molecule has 1 rings (SSSR count). The smallest absolute Gasteiger partial charge is 0.218 e. The summed E-state index contributed by atoms with van der Waals surface area (Å²) in [7, 11) is 3.26. The van der Waals surface area contributed by atoms with E-state index >= 15 is 0 Å². The zero-order chi connectivity index (χ0) is 11.3. The van der Waals surface area contributed by atoms with Crippen molar-refractivity contribution in [2.75, 3.05) is 26.1 Å². The molecule has 5 nitrogen and oxygen atoms in total. The van der Waals surface area contributed by atoms with Crippen molar-refractivity contribution in [2.45, 2.75) is 19.4 Å². The predicted molar refractivity (Wildman–Crippen MR) is 58.2 cm³/mol. The van der Waals surface area contributed by atoms with E-state index in [1.807, 2.05) is 13.8 Å². The van der Waals surface area contributed by atoms with Crippen molar-refractivity contribution >= 4 is 5.82 Å². The van der Waals surface area contributed by atoms with Crippen LogP contribution in [0.5, 0.6) is 5.88 Å². The monoisotopic (exact) mass is 211 g/mol. The Balaban J connectivity index is 2.57. The molecule has 15 heavy (non-hydrogen) atoms. The average Bonchev–Trinajstić information content (AvgIpc) is 2.27. The van der Waals surface area contributed by atoms with E-state index in [9.17, 15) is 0 Å². The van der Waals surface area contributed by atoms with Crippen molar-refractivity contribution in [1.29, 1.82) is 0 Å². The van der Waals surface area contributed by atoms with Crippen molar-refractivity contribution in [3.05, 3.63) is 12.4 Å². The van der Waals surface area contributed by atoms with Crippen molar-refractivity contribution < 1.29 is 9.47 Å². The van der Waals surface area contributed by atoms with Crippen molar-refractivity contribution in [3.63, 3.8) is 0 Å². The van der Waals surface area contributed by atoms with Crippen LogP contribution in [0.2, 0.25) is 0 Å². The lowest BCUT2D eigenvalue weighted by Gasteiger charge is -2.23. The Morgan fingerprint density at radius 1 is 1.33 bits per heavy atom. The molecule has 0 saturated carbocycles. The van der Waals surface area contributed by atoms with E-state index in [2.05, 4.69) is 15.3 Å². The Morgan fingerprint density at radius 2 is 2.07 bits per heavy atom. The van der Waals surface area contributed by atoms with Gasteiger partial charge in [-0.05, 0) is 13.8 Å². The van der Waals surface area contributed by atoms with Gasteiger partial charge >= 0.3 is 0 Å². The van der Waals surface area contributed by atoms with Crippen LogP contribution in [0.15, 0.2) is 12.4 Å². The third-order valence-corrected chi connectivity index (χ3v) is 2.10. The van der Waals surface area contributed by atoms with Gasteiger partial charge in [-0.15, -0.1) is 0 Å². The minimum absolute atomic E-state index is 0.224. The van der Waals surface area contributed by atoms with E-state index in [0.29, 0.717) is 12.4 Å². The fourth-order valence-electron chi connectivity index (χ4n) is 0.923. The van der Waals surface area contributed by atoms with Gasteiger partial charge in [0.05, 0.1) is 12.7 Å². The molecule has 1 N–H and O–H groups in total. The molecule has 0 bridgehead atoms. The van der Waals surface area contributed by atoms with Gasteiger partial charge in [-0.3, -0.25) is 0 Å². The minimum atomic E-state index is -0.224. The van der Waals surface area contributed by atoms with Crippen LogP contribution in [-0.2, 0) is 4.74 Å². The first-order valence-corrected chi connectivity index (χ1v) is 4.72. The highest BCUT2D eigenvalue weighted by Crippen LogP contribution is 2.13. The molecule has 0 atom stereocenters. The third kappa shape index (κ3) is 3.71. The minimum Gasteiger partial charge on any atom is -0.481 e. The summed E-state index contributed by atoms with van der Waals surface area (Å²) in [6.45, 7) is 4.67. The molecule has 0 aliphatic carbocycles. The molecule has 0 saturated heterocycles. The van der Waals surface area contributed by atoms with Gasteiger partial charge in [0.15, 0.2) is 0 Å². The summed E-state index contributed by atoms with van der Waals surface area (Å²) < 4.78 is 10.3. The molecule has 0 fully saturated rings. The van der Waals surface area contributed by atoms with Gasteiger partial charge in [-0.2, -0.15) is 0 Å². The van der Waals surface area contributed by atoms with E-state index in [1.165, 1.54) is 6.33 Å². The SMILES string of the molecule is COc1cc(NCC(C)(C)OC)ncn1. The summed E-state index contributed by atoms with van der Waals surface area (Å²) in [5.41, 5.74) is -0.224. The van der Waals surface area contributed by atoms with Crippen LogP contribution in [0, 0.1) is 0 Å². The summed E-state index contributed by atoms with van der Waals surface area (Å²) in [5, 5.41) is 3.15. The Hall–Kier alpha value is -1.36. The highest BCUT2D eigenvalue weighted by Gasteiger charge is 2.15. The zero-order valence-corrected chi connectivity index (χ0v) is 9.57. The Labute approximate surface area is 89.8 Å². The summed E-state index contributed by atoms with van der Waals surface area (Å²) in [4.78, 5) is 7.98. The summed E-state index contributed by atoms with van der Waals surface area (Å²) in [5.74, 6) is 1.27. The number of ether oxygens (including phenoxy) is 2. The summed E-state index contributed by atoms with van der Waals surface area (Å²) in [6.07, 6.45) is 1.46. The highest BCUT2D eigenvalue weighted by atomic mass is 16.5. The van der Waals surface area contributed by atoms with Crippen molar-refractivity contribution in [1.82, 2.24) is 9.97 Å². The number of rotatable bonds is 5. The van der Waals surface area contributed by atoms with Gasteiger partial charge in [0.1, 0.15) is 12.1 Å². The number of hydrogen-bond donors (Lipinski definition) is 1. The first-order chi connectivity index (χ1) is 7.07. The van der Waals surface area contributed by atoms with Gasteiger partial charge in [-0.25, -0.2) is 9.97 Å². The van der Waals surface area contributed by atoms with Crippen molar-refractivity contribution in [3.8, 4) is 5.88 Å². The maximum atomic E-state index is 5.28. The number of anilines is 1. The fourth-order valence-corrected chi connectivity index (χ4v) is 0.923. The molecule has 0 amide bonds. The average molecular weight is 211 g/mol. The largest absolute Gasteiger partial charge is 0.481 e. The second-order valence-electron chi connectivity index (χ2n) is 3.76. The summed E-state index contributed by atoms with van der Waals surface area (Å²) >= 11 is 0. The number of methoxy groups -OCH3 is 2. The van der Waals surface area contributed by atoms with E-state index < -0.39 is 0 Å². The molecule has 0 aliphatic heterocycles. The second kappa shape index (κ2) is 4.93. The van der Waals surface area contributed by atoms with Crippen LogP contribution in [0.25, 0.3) is 0 Å². The normalized spacial score (nSPS) is 11.2. The highest BCUT2D eigenvalue weighted by molar-refractivity contribution is 5.37. The Kier molecular flexibility index (Phi) is 3.85. The van der Waals surface area contributed by atoms with E-state index in [-0.39, 0.29) is 5.60 Å². The molecule has 0 spiro atoms. The molecule has 1 aromatic heterocycles. The van der Waals surface area contributed by atoms with Gasteiger partial charge in [0, 0.05) is 19.7 Å². The standard InChI is InChI=1S/C10H17N3O2/c1-10(2,15-4)6-11-8-5-9(14-3)13-7-12-8/h5,7H,6H2,1-4H3,(H,11,12,13). The van der Waals surface area contributed by atoms with Gasteiger partial charge in [-0.1, -0.05) is 0 Å². The maximum absolute atomic E-state index is 5.28. The summed E-state index contributed by atoms with van der Waals surface area (Å²) in [6, 6.07) is 1.74. The van der Waals surface area contributed by atoms with Gasteiger partial charge in [0.25, 0.3) is 0 Å². The topological polar surface area (TPSA) is 56.3 Å². The molecule has 1 aromatic rings. The van der Waals surface area contributed by atoms with Crippen LogP contribution in [0.4, 0.5) is 5.82 Å². The molecular formula is C10H17N3O2. The van der Waals surface area contributed by atoms with E-state index in [4.69, 9.17) is 9.47 Å². The zero-order valence-electron chi connectivity index (χ0n) is 9.57. The third-order valence-electron chi connectivity index (χ3n) is 2.10. The lowest BCUT2D eigenvalue weighted by molar-refractivity contribution is 0.0343. The van der Waals surface area contributed by atoms with E-state index in [1.54, 1.807) is 20.3 Å². The molecule has 0 aliphatic rings. The Morgan fingerprint density at radius 3 is 2.67 bits per heavy atom. The molecule has 1 heterocycles. The molecule has 0 aromatic carbocycles. The number of hydrogen-bond acceptors (Lipinski definition) is 5. The maximum Gasteiger partial charge on any atom is 0.218 e. The van der Waals surface area contributed by atoms with Crippen molar-refractivity contribution in [2.24, 2.45) is 0 Å². The van der Waals surface area contributed by atoms with Crippen LogP contribution in [0.3, 0.4) is 0 Å². The first kappa shape index (κ1) is 11.7. The quantitative estimate of drug-likeness (QED) is 0.796. The molecule has 84 valence electrons. The molecule has 0 radical (unpaired) electrons. The number of nitrogens with one attached hydrogen (secondary N) is 1. The lowest BCUT2D eigenvalue weighted by atomic mass is 10.1. The molecule has 0 unspecified atom stereocenters. The van der Waals surface area contributed by atoms with Gasteiger partial charge < -0.3 is 14.8 Å². The van der Waals surface area contributed by atoms with Crippen LogP contribution in [-0.4, -0.2) is 36.3 Å². The Bertz CT molecular complexity index is 315. The van der Waals surface area contributed by atoms with Gasteiger partial charge in [0.2, 0.25) is 5.88 Å². The number of nitrogens with zero attached hydrogens (tertiary/aromatic N) is 2. The van der Waals surface area contributed by atoms with Crippen LogP contribution in [0.1, 0.15) is 13.8 Å². The van der Waals surface area contributed by atoms with Crippen LogP contribution < -0.4 is 10.1 Å². The molecule has 5 heteroatoms. The van der Waals surface area contributed by atoms with E-state index in [0.717, 1.165) is 5.82 Å². The first-order valence-electron chi connectivity index (χ1n) is 4.72.